The van der Waals surface area contributed by atoms with Crippen molar-refractivity contribution in [2.75, 3.05) is 13.1 Å². The van der Waals surface area contributed by atoms with Crippen LogP contribution < -0.4 is 5.56 Å². The van der Waals surface area contributed by atoms with Gasteiger partial charge in [-0.3, -0.25) is 14.5 Å². The van der Waals surface area contributed by atoms with Crippen molar-refractivity contribution in [1.82, 2.24) is 24.9 Å². The van der Waals surface area contributed by atoms with Crippen LogP contribution in [-0.2, 0) is 13.0 Å². The van der Waals surface area contributed by atoms with Gasteiger partial charge in [0.15, 0.2) is 0 Å². The van der Waals surface area contributed by atoms with Crippen molar-refractivity contribution in [2.24, 2.45) is 0 Å². The van der Waals surface area contributed by atoms with Crippen LogP contribution in [0.25, 0.3) is 0 Å². The van der Waals surface area contributed by atoms with Crippen LogP contribution in [0, 0.1) is 6.92 Å². The predicted molar refractivity (Wildman–Crippen MR) is 103 cm³/mol. The van der Waals surface area contributed by atoms with E-state index in [1.165, 1.54) is 0 Å². The molecule has 150 valence electrons. The molecule has 0 radical (unpaired) electrons. The van der Waals surface area contributed by atoms with E-state index in [4.69, 9.17) is 9.51 Å². The topological polar surface area (TPSA) is 95.3 Å². The quantitative estimate of drug-likeness (QED) is 0.870. The lowest BCUT2D eigenvalue weighted by Crippen LogP contribution is -2.42. The predicted octanol–water partition coefficient (Wildman–Crippen LogP) is 2.20. The summed E-state index contributed by atoms with van der Waals surface area (Å²) < 4.78 is 5.17. The highest BCUT2D eigenvalue weighted by Gasteiger charge is 2.33. The van der Waals surface area contributed by atoms with E-state index in [2.05, 4.69) is 28.9 Å². The molecule has 8 heteroatoms. The third kappa shape index (κ3) is 3.48. The summed E-state index contributed by atoms with van der Waals surface area (Å²) >= 11 is 0. The maximum Gasteiger partial charge on any atom is 0.293 e. The first-order valence-electron chi connectivity index (χ1n) is 10.0. The first-order chi connectivity index (χ1) is 13.4. The van der Waals surface area contributed by atoms with Crippen LogP contribution in [-0.4, -0.2) is 50.0 Å². The molecule has 1 atom stereocenters. The number of aryl methyl sites for hydroxylation is 1. The van der Waals surface area contributed by atoms with E-state index in [0.717, 1.165) is 43.5 Å². The second-order valence-electron chi connectivity index (χ2n) is 8.03. The average molecular weight is 385 g/mol. The van der Waals surface area contributed by atoms with E-state index >= 15 is 0 Å². The number of carbonyl (C=O) groups is 1. The molecule has 1 unspecified atom stereocenters. The molecule has 0 spiro atoms. The number of aromatic amines is 1. The fourth-order valence-corrected chi connectivity index (χ4v) is 4.13. The molecule has 1 fully saturated rings. The first kappa shape index (κ1) is 18.9. The molecule has 4 heterocycles. The molecular formula is C20H27N5O3. The van der Waals surface area contributed by atoms with E-state index in [1.54, 1.807) is 17.9 Å². The summed E-state index contributed by atoms with van der Waals surface area (Å²) in [6, 6.07) is 1.80. The van der Waals surface area contributed by atoms with Crippen molar-refractivity contribution in [3.8, 4) is 0 Å². The van der Waals surface area contributed by atoms with Crippen LogP contribution in [0.3, 0.4) is 0 Å². The molecule has 1 saturated heterocycles. The number of fused-ring (bicyclic) bond motifs is 1. The highest BCUT2D eigenvalue weighted by Crippen LogP contribution is 2.31. The zero-order valence-corrected chi connectivity index (χ0v) is 16.7. The van der Waals surface area contributed by atoms with Gasteiger partial charge in [0, 0.05) is 38.2 Å². The molecule has 1 N–H and O–H groups in total. The van der Waals surface area contributed by atoms with E-state index in [0.29, 0.717) is 30.6 Å². The molecule has 2 aromatic heterocycles. The van der Waals surface area contributed by atoms with Crippen molar-refractivity contribution in [1.29, 1.82) is 0 Å². The Morgan fingerprint density at radius 2 is 2.14 bits per heavy atom. The summed E-state index contributed by atoms with van der Waals surface area (Å²) in [6.45, 7) is 8.20. The van der Waals surface area contributed by atoms with Crippen LogP contribution >= 0.6 is 0 Å². The van der Waals surface area contributed by atoms with Crippen molar-refractivity contribution in [2.45, 2.75) is 65.1 Å². The lowest BCUT2D eigenvalue weighted by Gasteiger charge is -2.35. The van der Waals surface area contributed by atoms with Gasteiger partial charge in [0.2, 0.25) is 5.76 Å². The van der Waals surface area contributed by atoms with Crippen molar-refractivity contribution >= 4 is 5.91 Å². The molecule has 1 amide bonds. The summed E-state index contributed by atoms with van der Waals surface area (Å²) in [7, 11) is 0. The van der Waals surface area contributed by atoms with Gasteiger partial charge in [-0.1, -0.05) is 5.16 Å². The minimum absolute atomic E-state index is 0.0844. The fraction of sp³-hybridized carbons (Fsp3) is 0.600. The number of hydrogen-bond donors (Lipinski definition) is 1. The van der Waals surface area contributed by atoms with E-state index in [9.17, 15) is 9.59 Å². The number of nitrogens with one attached hydrogen (secondary N) is 1. The van der Waals surface area contributed by atoms with E-state index in [-0.39, 0.29) is 23.3 Å². The van der Waals surface area contributed by atoms with Gasteiger partial charge in [-0.05, 0) is 40.0 Å². The average Bonchev–Trinajstić information content (AvgIpc) is 3.13. The zero-order chi connectivity index (χ0) is 19.8. The summed E-state index contributed by atoms with van der Waals surface area (Å²) in [5.41, 5.74) is 2.21. The number of nitrogens with zero attached hydrogens (tertiary/aromatic N) is 4. The number of piperidine rings is 1. The Labute approximate surface area is 163 Å². The highest BCUT2D eigenvalue weighted by atomic mass is 16.5. The molecule has 2 aliphatic heterocycles. The molecule has 0 aromatic carbocycles. The number of rotatable bonds is 3. The second-order valence-corrected chi connectivity index (χ2v) is 8.03. The lowest BCUT2D eigenvalue weighted by molar-refractivity contribution is 0.0556. The number of hydrogen-bond acceptors (Lipinski definition) is 6. The Morgan fingerprint density at radius 1 is 1.32 bits per heavy atom. The third-order valence-corrected chi connectivity index (χ3v) is 5.76. The Morgan fingerprint density at radius 3 is 2.86 bits per heavy atom. The molecule has 2 aromatic rings. The molecule has 0 saturated carbocycles. The smallest absolute Gasteiger partial charge is 0.293 e. The molecule has 0 bridgehead atoms. The van der Waals surface area contributed by atoms with Crippen molar-refractivity contribution < 1.29 is 9.32 Å². The van der Waals surface area contributed by atoms with Crippen LogP contribution in [0.2, 0.25) is 0 Å². The number of aromatic nitrogens is 3. The van der Waals surface area contributed by atoms with Gasteiger partial charge < -0.3 is 14.4 Å². The van der Waals surface area contributed by atoms with Gasteiger partial charge in [0.05, 0.1) is 23.0 Å². The fourth-order valence-electron chi connectivity index (χ4n) is 4.13. The Bertz CT molecular complexity index is 932. The number of carbonyl (C=O) groups excluding carboxylic acids is 1. The van der Waals surface area contributed by atoms with Gasteiger partial charge in [0.25, 0.3) is 11.5 Å². The molecule has 28 heavy (non-hydrogen) atoms. The summed E-state index contributed by atoms with van der Waals surface area (Å²) in [6.07, 6.45) is 3.45. The normalized spacial score (nSPS) is 20.4. The molecule has 0 aliphatic carbocycles. The number of amides is 1. The number of H-pyrrole nitrogens is 1. The number of likely N-dealkylation sites (tertiary alicyclic amines) is 1. The third-order valence-electron chi connectivity index (χ3n) is 5.76. The van der Waals surface area contributed by atoms with Crippen molar-refractivity contribution in [3.63, 3.8) is 0 Å². The summed E-state index contributed by atoms with van der Waals surface area (Å²) in [5, 5.41) is 3.82. The maximum atomic E-state index is 13.0. The molecule has 8 nitrogen and oxygen atoms in total. The van der Waals surface area contributed by atoms with Crippen LogP contribution in [0.5, 0.6) is 0 Å². The second kappa shape index (κ2) is 7.50. The zero-order valence-electron chi connectivity index (χ0n) is 16.7. The largest absolute Gasteiger partial charge is 0.351 e. The summed E-state index contributed by atoms with van der Waals surface area (Å²) in [5.74, 6) is 0.625. The Balaban J connectivity index is 1.64. The van der Waals surface area contributed by atoms with Gasteiger partial charge in [-0.15, -0.1) is 0 Å². The Hall–Kier alpha value is -2.48. The van der Waals surface area contributed by atoms with Crippen LogP contribution in [0.1, 0.15) is 72.5 Å². The van der Waals surface area contributed by atoms with Gasteiger partial charge in [-0.2, -0.15) is 0 Å². The molecule has 4 rings (SSSR count). The van der Waals surface area contributed by atoms with Gasteiger partial charge in [0.1, 0.15) is 5.82 Å². The molecular weight excluding hydrogens is 358 g/mol. The lowest BCUT2D eigenvalue weighted by atomic mass is 9.99. The highest BCUT2D eigenvalue weighted by molar-refractivity contribution is 5.91. The standard InChI is InChI=1S/C20H27N5O3/c1-12(2)24-9-7-15-14(11-24)19(26)22-18(21-15)16-6-4-5-8-25(16)20(27)17-10-13(3)23-28-17/h10,12,16H,4-9,11H2,1-3H3,(H,21,22,26). The van der Waals surface area contributed by atoms with Gasteiger partial charge >= 0.3 is 0 Å². The van der Waals surface area contributed by atoms with Crippen LogP contribution in [0.4, 0.5) is 0 Å². The monoisotopic (exact) mass is 385 g/mol. The minimum Gasteiger partial charge on any atom is -0.351 e. The minimum atomic E-state index is -0.243. The first-order valence-corrected chi connectivity index (χ1v) is 10.0. The maximum absolute atomic E-state index is 13.0. The SMILES string of the molecule is Cc1cc(C(=O)N2CCCCC2c2nc3c(c(=O)[nH]2)CN(C(C)C)CC3)on1. The van der Waals surface area contributed by atoms with E-state index < -0.39 is 0 Å². The Kier molecular flexibility index (Phi) is 5.05. The van der Waals surface area contributed by atoms with E-state index in [1.807, 2.05) is 0 Å². The van der Waals surface area contributed by atoms with Crippen LogP contribution in [0.15, 0.2) is 15.4 Å². The summed E-state index contributed by atoms with van der Waals surface area (Å²) in [4.78, 5) is 37.6. The molecule has 2 aliphatic rings. The van der Waals surface area contributed by atoms with Crippen molar-refractivity contribution in [3.05, 3.63) is 45.0 Å². The van der Waals surface area contributed by atoms with Gasteiger partial charge in [-0.25, -0.2) is 4.98 Å².